The second-order valence-electron chi connectivity index (χ2n) is 3.40. The summed E-state index contributed by atoms with van der Waals surface area (Å²) in [4.78, 5) is 0.452. The predicted molar refractivity (Wildman–Crippen MR) is 68.1 cm³/mol. The van der Waals surface area contributed by atoms with Crippen molar-refractivity contribution in [3.8, 4) is 0 Å². The van der Waals surface area contributed by atoms with Crippen LogP contribution in [-0.4, -0.2) is 21.8 Å². The van der Waals surface area contributed by atoms with Crippen LogP contribution in [0.1, 0.15) is 27.2 Å². The summed E-state index contributed by atoms with van der Waals surface area (Å²) in [6.07, 6.45) is 11.3. The van der Waals surface area contributed by atoms with E-state index < -0.39 is 6.04 Å². The molecule has 0 aliphatic carbocycles. The van der Waals surface area contributed by atoms with Gasteiger partial charge in [0.1, 0.15) is 0 Å². The Hall–Kier alpha value is -1.91. The fourth-order valence-corrected chi connectivity index (χ4v) is 0.843. The quantitative estimate of drug-likeness (QED) is 0.192. The van der Waals surface area contributed by atoms with E-state index in [-0.39, 0.29) is 0 Å². The topological polar surface area (TPSA) is 71.0 Å². The van der Waals surface area contributed by atoms with Gasteiger partial charge in [0, 0.05) is 6.08 Å². The molecule has 0 rings (SSSR count). The molecule has 0 radical (unpaired) electrons. The van der Waals surface area contributed by atoms with E-state index in [0.717, 1.165) is 6.42 Å². The van der Waals surface area contributed by atoms with E-state index in [0.29, 0.717) is 10.6 Å². The fourth-order valence-electron chi connectivity index (χ4n) is 0.843. The predicted octanol–water partition coefficient (Wildman–Crippen LogP) is 3.22. The van der Waals surface area contributed by atoms with E-state index in [4.69, 9.17) is 5.21 Å². The monoisotopic (exact) mass is 237 g/mol. The van der Waals surface area contributed by atoms with Crippen molar-refractivity contribution in [1.29, 1.82) is 0 Å². The molecule has 0 heterocycles. The number of hydrogen-bond donors (Lipinski definition) is 1. The Labute approximate surface area is 102 Å². The minimum Gasteiger partial charge on any atom is -0.595 e. The highest BCUT2D eigenvalue weighted by Crippen LogP contribution is 1.95. The van der Waals surface area contributed by atoms with Crippen molar-refractivity contribution in [2.24, 2.45) is 10.3 Å². The Morgan fingerprint density at radius 3 is 2.59 bits per heavy atom. The Morgan fingerprint density at radius 1 is 1.35 bits per heavy atom. The number of allylic oxidation sites excluding steroid dienone is 5. The Balaban J connectivity index is 4.29. The molecule has 94 valence electrons. The van der Waals surface area contributed by atoms with E-state index in [1.54, 1.807) is 26.0 Å². The molecular formula is C12H19N3O2. The summed E-state index contributed by atoms with van der Waals surface area (Å²) in [5, 5.41) is 26.4. The summed E-state index contributed by atoms with van der Waals surface area (Å²) < 4.78 is 0. The summed E-state index contributed by atoms with van der Waals surface area (Å²) in [6, 6.07) is -0.439. The lowest BCUT2D eigenvalue weighted by Gasteiger charge is -2.00. The summed E-state index contributed by atoms with van der Waals surface area (Å²) in [5.41, 5.74) is 0.390. The number of hydrogen-bond acceptors (Lipinski definition) is 4. The molecule has 1 atom stereocenters. The molecular weight excluding hydrogens is 218 g/mol. The molecule has 5 heteroatoms. The minimum atomic E-state index is -0.439. The van der Waals surface area contributed by atoms with Gasteiger partial charge in [0.05, 0.1) is 5.71 Å². The van der Waals surface area contributed by atoms with Gasteiger partial charge in [-0.1, -0.05) is 41.2 Å². The number of nitrogens with zero attached hydrogens (tertiary/aromatic N) is 3. The Kier molecular flexibility index (Phi) is 8.28. The summed E-state index contributed by atoms with van der Waals surface area (Å²) in [6.45, 7) is 5.32. The normalized spacial score (nSPS) is 16.4. The summed E-state index contributed by atoms with van der Waals surface area (Å²) in [5.74, 6) is 0. The van der Waals surface area contributed by atoms with Crippen molar-refractivity contribution in [3.63, 3.8) is 0 Å². The molecule has 0 saturated carbocycles. The Bertz CT molecular complexity index is 355. The van der Waals surface area contributed by atoms with Gasteiger partial charge in [-0.3, -0.25) is 0 Å². The number of oxime groups is 1. The van der Waals surface area contributed by atoms with Crippen LogP contribution < -0.4 is 0 Å². The molecule has 0 spiro atoms. The molecule has 5 nitrogen and oxygen atoms in total. The van der Waals surface area contributed by atoms with E-state index in [2.05, 4.69) is 10.3 Å². The second-order valence-corrected chi connectivity index (χ2v) is 3.40. The number of azo groups is 1. The van der Waals surface area contributed by atoms with Crippen LogP contribution >= 0.6 is 0 Å². The molecule has 0 fully saturated rings. The molecule has 1 unspecified atom stereocenters. The second kappa shape index (κ2) is 9.33. The molecule has 0 saturated heterocycles. The highest BCUT2D eigenvalue weighted by atomic mass is 16.5. The molecule has 0 aromatic carbocycles. The maximum atomic E-state index is 11.2. The van der Waals surface area contributed by atoms with Gasteiger partial charge in [-0.2, -0.15) is 0 Å². The van der Waals surface area contributed by atoms with Crippen LogP contribution in [-0.2, 0) is 0 Å². The zero-order chi connectivity index (χ0) is 13.1. The van der Waals surface area contributed by atoms with Gasteiger partial charge < -0.3 is 10.4 Å². The molecule has 17 heavy (non-hydrogen) atoms. The standard InChI is InChI=1S/C12H19N3O2/c1-4-5-6-7-8-9-10-15(17)13-11(2)12(3)14-16/h5-11,16H,4H2,1-3H3. The zero-order valence-corrected chi connectivity index (χ0v) is 10.4. The molecule has 0 bridgehead atoms. The third kappa shape index (κ3) is 7.96. The van der Waals surface area contributed by atoms with Crippen LogP contribution in [0.3, 0.4) is 0 Å². The van der Waals surface area contributed by atoms with Gasteiger partial charge in [-0.05, 0) is 25.4 Å². The van der Waals surface area contributed by atoms with Crippen LogP contribution in [0.2, 0.25) is 0 Å². The van der Waals surface area contributed by atoms with Gasteiger partial charge in [0.25, 0.3) is 0 Å². The first-order valence-corrected chi connectivity index (χ1v) is 5.47. The number of hydroxylamine groups is 1. The average Bonchev–Trinajstić information content (AvgIpc) is 2.32. The van der Waals surface area contributed by atoms with Crippen LogP contribution in [0.5, 0.6) is 0 Å². The maximum Gasteiger partial charge on any atom is 0.209 e. The van der Waals surface area contributed by atoms with E-state index in [1.165, 1.54) is 6.20 Å². The molecule has 0 aromatic rings. The Morgan fingerprint density at radius 2 is 2.00 bits per heavy atom. The van der Waals surface area contributed by atoms with E-state index >= 15 is 0 Å². The summed E-state index contributed by atoms with van der Waals surface area (Å²) in [7, 11) is 0. The van der Waals surface area contributed by atoms with Crippen LogP contribution in [0, 0.1) is 5.21 Å². The lowest BCUT2D eigenvalue weighted by Crippen LogP contribution is -2.12. The first kappa shape index (κ1) is 15.1. The van der Waals surface area contributed by atoms with E-state index in [1.807, 2.05) is 25.2 Å². The van der Waals surface area contributed by atoms with Crippen LogP contribution in [0.4, 0.5) is 0 Å². The highest BCUT2D eigenvalue weighted by Gasteiger charge is 2.07. The smallest absolute Gasteiger partial charge is 0.209 e. The van der Waals surface area contributed by atoms with Crippen molar-refractivity contribution in [2.75, 3.05) is 0 Å². The van der Waals surface area contributed by atoms with Crippen molar-refractivity contribution >= 4 is 5.71 Å². The first-order chi connectivity index (χ1) is 8.11. The molecule has 0 aromatic heterocycles. The van der Waals surface area contributed by atoms with Crippen molar-refractivity contribution < 1.29 is 10.1 Å². The number of rotatable bonds is 6. The lowest BCUT2D eigenvalue weighted by molar-refractivity contribution is -0.460. The van der Waals surface area contributed by atoms with Crippen LogP contribution in [0.15, 0.2) is 46.9 Å². The van der Waals surface area contributed by atoms with Gasteiger partial charge in [0.2, 0.25) is 6.20 Å². The van der Waals surface area contributed by atoms with Crippen molar-refractivity contribution in [3.05, 3.63) is 41.8 Å². The van der Waals surface area contributed by atoms with Gasteiger partial charge in [-0.15, -0.1) is 0 Å². The van der Waals surface area contributed by atoms with Gasteiger partial charge >= 0.3 is 0 Å². The zero-order valence-electron chi connectivity index (χ0n) is 10.4. The van der Waals surface area contributed by atoms with Crippen molar-refractivity contribution in [1.82, 2.24) is 0 Å². The third-order valence-electron chi connectivity index (χ3n) is 1.97. The third-order valence-corrected chi connectivity index (χ3v) is 1.97. The molecule has 0 aliphatic rings. The molecule has 0 aliphatic heterocycles. The van der Waals surface area contributed by atoms with Crippen molar-refractivity contribution in [2.45, 2.75) is 33.2 Å². The average molecular weight is 237 g/mol. The summed E-state index contributed by atoms with van der Waals surface area (Å²) >= 11 is 0. The highest BCUT2D eigenvalue weighted by molar-refractivity contribution is 5.86. The first-order valence-electron chi connectivity index (χ1n) is 5.47. The van der Waals surface area contributed by atoms with Gasteiger partial charge in [0.15, 0.2) is 6.04 Å². The van der Waals surface area contributed by atoms with Crippen LogP contribution in [0.25, 0.3) is 0 Å². The molecule has 1 N–H and O–H groups in total. The maximum absolute atomic E-state index is 11.2. The minimum absolute atomic E-state index is 0.390. The van der Waals surface area contributed by atoms with E-state index in [9.17, 15) is 5.21 Å². The SMILES string of the molecule is CCC=CC=CC=C[N+]([O-])=NC(C)C(C)=NO. The molecule has 0 amide bonds. The lowest BCUT2D eigenvalue weighted by atomic mass is 10.2. The fraction of sp³-hybridized carbons (Fsp3) is 0.417. The largest absolute Gasteiger partial charge is 0.595 e. The van der Waals surface area contributed by atoms with Gasteiger partial charge in [-0.25, -0.2) is 0 Å².